The van der Waals surface area contributed by atoms with Crippen LogP contribution in [0.15, 0.2) is 144 Å². The monoisotopic (exact) mass is 609 g/mol. The minimum absolute atomic E-state index is 0.136. The molecule has 2 nitrogen and oxygen atoms in total. The SMILES string of the molecule is O=c1c2ccccc2sc2cc3c(cc12)[se]c1ccc(N(c2ccccc2)c2ccccc2-c2ccccc2)cc13. The number of hydrogen-bond donors (Lipinski definition) is 0. The molecule has 194 valence electrons. The zero-order valence-corrected chi connectivity index (χ0v) is 24.5. The average Bonchev–Trinajstić information content (AvgIpc) is 3.39. The molecule has 4 heteroatoms. The van der Waals surface area contributed by atoms with E-state index in [2.05, 4.69) is 120 Å². The van der Waals surface area contributed by atoms with Gasteiger partial charge in [0, 0.05) is 0 Å². The van der Waals surface area contributed by atoms with Crippen LogP contribution < -0.4 is 10.3 Å². The van der Waals surface area contributed by atoms with E-state index in [1.807, 2.05) is 24.3 Å². The van der Waals surface area contributed by atoms with Crippen molar-refractivity contribution >= 4 is 82.4 Å². The van der Waals surface area contributed by atoms with Crippen LogP contribution >= 0.6 is 11.3 Å². The second kappa shape index (κ2) is 9.86. The van der Waals surface area contributed by atoms with Gasteiger partial charge in [0.2, 0.25) is 0 Å². The molecule has 6 aromatic carbocycles. The maximum absolute atomic E-state index is 13.4. The van der Waals surface area contributed by atoms with Crippen molar-refractivity contribution in [2.75, 3.05) is 4.90 Å². The first-order chi connectivity index (χ1) is 20.2. The molecular formula is C37H23NOSSe. The molecule has 0 aliphatic heterocycles. The van der Waals surface area contributed by atoms with Crippen LogP contribution in [0.3, 0.4) is 0 Å². The molecule has 2 aromatic heterocycles. The molecule has 0 spiro atoms. The van der Waals surface area contributed by atoms with Gasteiger partial charge in [0.15, 0.2) is 0 Å². The molecule has 0 bridgehead atoms. The van der Waals surface area contributed by atoms with Crippen LogP contribution in [0.4, 0.5) is 17.1 Å². The number of para-hydroxylation sites is 2. The fourth-order valence-corrected chi connectivity index (χ4v) is 9.15. The molecule has 0 radical (unpaired) electrons. The van der Waals surface area contributed by atoms with Crippen molar-refractivity contribution in [2.24, 2.45) is 0 Å². The summed E-state index contributed by atoms with van der Waals surface area (Å²) in [5.74, 6) is 0. The van der Waals surface area contributed by atoms with Gasteiger partial charge in [0.25, 0.3) is 0 Å². The maximum atomic E-state index is 13.4. The number of anilines is 3. The Balaban J connectivity index is 1.37. The average molecular weight is 609 g/mol. The zero-order chi connectivity index (χ0) is 27.3. The molecule has 8 rings (SSSR count). The third-order valence-electron chi connectivity index (χ3n) is 7.65. The van der Waals surface area contributed by atoms with Gasteiger partial charge in [-0.1, -0.05) is 0 Å². The predicted octanol–water partition coefficient (Wildman–Crippen LogP) is 9.91. The van der Waals surface area contributed by atoms with E-state index in [4.69, 9.17) is 0 Å². The second-order valence-corrected chi connectivity index (χ2v) is 13.5. The molecule has 0 unspecified atom stereocenters. The zero-order valence-electron chi connectivity index (χ0n) is 22.0. The molecule has 0 aliphatic rings. The van der Waals surface area contributed by atoms with E-state index in [0.29, 0.717) is 0 Å². The molecule has 8 aromatic rings. The quantitative estimate of drug-likeness (QED) is 0.146. The van der Waals surface area contributed by atoms with Crippen molar-refractivity contribution < 1.29 is 0 Å². The summed E-state index contributed by atoms with van der Waals surface area (Å²) in [5, 5.41) is 4.17. The van der Waals surface area contributed by atoms with Gasteiger partial charge in [-0.15, -0.1) is 0 Å². The standard InChI is InChI=1S/C37H23NOSSe/c39-37-28-16-8-10-18-33(28)40-34-22-30-29-21-26(19-20-35(29)41-36(30)23-31(34)37)38(25-13-5-2-6-14-25)32-17-9-7-15-27(32)24-11-3-1-4-12-24/h1-23H. The van der Waals surface area contributed by atoms with Crippen LogP contribution in [0.25, 0.3) is 50.6 Å². The molecule has 0 amide bonds. The molecule has 41 heavy (non-hydrogen) atoms. The van der Waals surface area contributed by atoms with Crippen LogP contribution in [-0.2, 0) is 0 Å². The number of fused-ring (bicyclic) bond motifs is 5. The number of hydrogen-bond acceptors (Lipinski definition) is 3. The van der Waals surface area contributed by atoms with Gasteiger partial charge in [-0.25, -0.2) is 0 Å². The van der Waals surface area contributed by atoms with Crippen molar-refractivity contribution in [2.45, 2.75) is 0 Å². The fourth-order valence-electron chi connectivity index (χ4n) is 5.73. The second-order valence-electron chi connectivity index (χ2n) is 10.1. The van der Waals surface area contributed by atoms with E-state index in [1.165, 1.54) is 30.4 Å². The van der Waals surface area contributed by atoms with Crippen LogP contribution in [0.2, 0.25) is 0 Å². The first-order valence-electron chi connectivity index (χ1n) is 13.6. The Morgan fingerprint density at radius 3 is 2.07 bits per heavy atom. The third-order valence-corrected chi connectivity index (χ3v) is 11.2. The Labute approximate surface area is 247 Å². The topological polar surface area (TPSA) is 20.3 Å². The van der Waals surface area contributed by atoms with E-state index in [9.17, 15) is 4.79 Å². The first-order valence-corrected chi connectivity index (χ1v) is 16.1. The van der Waals surface area contributed by atoms with Gasteiger partial charge in [-0.3, -0.25) is 0 Å². The number of rotatable bonds is 4. The molecule has 0 saturated heterocycles. The van der Waals surface area contributed by atoms with E-state index in [1.54, 1.807) is 11.3 Å². The van der Waals surface area contributed by atoms with Crippen molar-refractivity contribution in [1.29, 1.82) is 0 Å². The molecule has 0 aliphatic carbocycles. The Kier molecular flexibility index (Phi) is 5.86. The summed E-state index contributed by atoms with van der Waals surface area (Å²) in [4.78, 5) is 15.7. The number of benzene rings is 6. The molecule has 2 heterocycles. The van der Waals surface area contributed by atoms with E-state index >= 15 is 0 Å². The normalized spacial score (nSPS) is 11.5. The Morgan fingerprint density at radius 1 is 0.512 bits per heavy atom. The summed E-state index contributed by atoms with van der Waals surface area (Å²) in [6.45, 7) is 0. The van der Waals surface area contributed by atoms with Crippen LogP contribution in [0.1, 0.15) is 0 Å². The van der Waals surface area contributed by atoms with Crippen molar-refractivity contribution in [3.8, 4) is 11.1 Å². The fraction of sp³-hybridized carbons (Fsp3) is 0. The predicted molar refractivity (Wildman–Crippen MR) is 178 cm³/mol. The van der Waals surface area contributed by atoms with Crippen molar-refractivity contribution in [3.63, 3.8) is 0 Å². The molecule has 0 atom stereocenters. The van der Waals surface area contributed by atoms with Gasteiger partial charge < -0.3 is 0 Å². The summed E-state index contributed by atoms with van der Waals surface area (Å²) >= 11 is 1.86. The molecule has 0 fully saturated rings. The molecule has 0 saturated carbocycles. The Morgan fingerprint density at radius 2 is 1.22 bits per heavy atom. The minimum atomic E-state index is 0.136. The number of nitrogens with zero attached hydrogens (tertiary/aromatic N) is 1. The van der Waals surface area contributed by atoms with Gasteiger partial charge in [0.05, 0.1) is 0 Å². The summed E-state index contributed by atoms with van der Waals surface area (Å²) in [6, 6.07) is 49.0. The summed E-state index contributed by atoms with van der Waals surface area (Å²) in [7, 11) is 0. The van der Waals surface area contributed by atoms with Crippen LogP contribution in [0.5, 0.6) is 0 Å². The van der Waals surface area contributed by atoms with Gasteiger partial charge in [-0.2, -0.15) is 0 Å². The van der Waals surface area contributed by atoms with Crippen molar-refractivity contribution in [3.05, 3.63) is 150 Å². The summed E-state index contributed by atoms with van der Waals surface area (Å²) < 4.78 is 4.73. The molecular weight excluding hydrogens is 585 g/mol. The first kappa shape index (κ1) is 24.3. The van der Waals surface area contributed by atoms with E-state index in [0.717, 1.165) is 37.2 Å². The van der Waals surface area contributed by atoms with Crippen LogP contribution in [0, 0.1) is 0 Å². The Hall–Kier alpha value is -4.47. The molecule has 0 N–H and O–H groups in total. The summed E-state index contributed by atoms with van der Waals surface area (Å²) in [6.07, 6.45) is 0. The van der Waals surface area contributed by atoms with Crippen LogP contribution in [-0.4, -0.2) is 14.5 Å². The van der Waals surface area contributed by atoms with Gasteiger partial charge >= 0.3 is 248 Å². The summed E-state index contributed by atoms with van der Waals surface area (Å²) in [5.41, 5.74) is 5.88. The van der Waals surface area contributed by atoms with Crippen molar-refractivity contribution in [1.82, 2.24) is 0 Å². The van der Waals surface area contributed by atoms with E-state index in [-0.39, 0.29) is 19.9 Å². The van der Waals surface area contributed by atoms with E-state index < -0.39 is 0 Å². The van der Waals surface area contributed by atoms with Gasteiger partial charge in [0.1, 0.15) is 0 Å². The third kappa shape index (κ3) is 4.11. The Bertz CT molecular complexity index is 2290. The van der Waals surface area contributed by atoms with Gasteiger partial charge in [-0.05, 0) is 0 Å².